The summed E-state index contributed by atoms with van der Waals surface area (Å²) in [5, 5.41) is 1.06. The summed E-state index contributed by atoms with van der Waals surface area (Å²) in [7, 11) is 2.50. The number of methoxy groups -OCH3 is 2. The van der Waals surface area contributed by atoms with Crippen molar-refractivity contribution in [2.45, 2.75) is 56.0 Å². The van der Waals surface area contributed by atoms with Crippen LogP contribution in [0.1, 0.15) is 50.1 Å². The molecule has 7 aromatic rings. The summed E-state index contributed by atoms with van der Waals surface area (Å²) in [6.07, 6.45) is -52.9. The van der Waals surface area contributed by atoms with Crippen molar-refractivity contribution in [1.82, 2.24) is 0 Å². The maximum absolute atomic E-state index is 14.2. The molecule has 0 atom stereocenters. The molecule has 1 heterocycles. The summed E-state index contributed by atoms with van der Waals surface area (Å²) in [5.41, 5.74) is -28.0. The Bertz CT molecular complexity index is 3150. The van der Waals surface area contributed by atoms with Gasteiger partial charge in [-0.05, 0) is 42.0 Å². The topological polar surface area (TPSA) is 56.5 Å². The molecule has 0 saturated heterocycles. The summed E-state index contributed by atoms with van der Waals surface area (Å²) in [6.45, 7) is 0.310. The zero-order chi connectivity index (χ0) is 63.1. The van der Waals surface area contributed by atoms with Gasteiger partial charge in [0, 0.05) is 23.1 Å². The second-order valence-corrected chi connectivity index (χ2v) is 18.1. The molecule has 0 aliphatic rings. The second-order valence-electron chi connectivity index (χ2n) is 18.1. The molecule has 0 saturated carbocycles. The van der Waals surface area contributed by atoms with Crippen molar-refractivity contribution in [2.75, 3.05) is 14.2 Å². The molecule has 0 radical (unpaired) electrons. The van der Waals surface area contributed by atoms with Crippen molar-refractivity contribution < 1.29 is 129 Å². The number of hydrogen-bond donors (Lipinski definition) is 0. The number of carbonyl (C=O) groups excluding carboxylic acids is 2. The van der Waals surface area contributed by atoms with Gasteiger partial charge in [0.1, 0.15) is 6.15 Å². The van der Waals surface area contributed by atoms with E-state index in [1.54, 1.807) is 0 Å². The first-order valence-electron chi connectivity index (χ1n) is 23.1. The average molecular weight is 1230 g/mol. The fraction of sp³-hybridized carbons (Fsp3) is 0.204. The molecule has 1 aromatic heterocycles. The van der Waals surface area contributed by atoms with Crippen LogP contribution >= 0.6 is 0 Å². The van der Waals surface area contributed by atoms with E-state index in [1.807, 2.05) is 77.5 Å². The van der Waals surface area contributed by atoms with Crippen LogP contribution in [0.25, 0.3) is 16.5 Å². The van der Waals surface area contributed by atoms with E-state index in [2.05, 4.69) is 0 Å². The van der Waals surface area contributed by atoms with Crippen molar-refractivity contribution in [3.63, 3.8) is 0 Å². The van der Waals surface area contributed by atoms with Crippen LogP contribution < -0.4 is 26.4 Å². The SMILES string of the molecule is COC(=O)C(C(=O)OC)=C(C[n+]1cccc2ccccc21)c1ccccc1.FC(F)(F)c1cc([B-](c2cc(C(F)(F)F)cc(C(F)(F)F)c2)(c2cc(C(F)(F)F)cc(C(F)(F)F)c2)c2cc(C(F)(F)F)cc(C(F)(F)F)c2)cc(C(F)(F)F)c1. The number of aromatic nitrogens is 1. The Morgan fingerprint density at radius 1 is 0.369 bits per heavy atom. The smallest absolute Gasteiger partial charge is 0.416 e. The fourth-order valence-corrected chi connectivity index (χ4v) is 9.09. The minimum absolute atomic E-state index is 0.105. The molecule has 0 fully saturated rings. The van der Waals surface area contributed by atoms with E-state index in [0.717, 1.165) is 16.5 Å². The maximum Gasteiger partial charge on any atom is 0.416 e. The maximum atomic E-state index is 14.2. The Morgan fingerprint density at radius 2 is 0.631 bits per heavy atom. The van der Waals surface area contributed by atoms with Crippen LogP contribution in [-0.2, 0) is 75.0 Å². The van der Waals surface area contributed by atoms with E-state index < -0.39 is 207 Å². The number of allylic oxidation sites excluding steroid dienone is 1. The molecule has 30 heteroatoms. The number of alkyl halides is 24. The van der Waals surface area contributed by atoms with Crippen LogP contribution in [0, 0.1) is 0 Å². The van der Waals surface area contributed by atoms with Gasteiger partial charge in [-0.15, -0.1) is 0 Å². The number of nitrogens with zero attached hydrogens (tertiary/aromatic N) is 1. The van der Waals surface area contributed by atoms with Crippen LogP contribution in [0.2, 0.25) is 0 Å². The first kappa shape index (κ1) is 65.0. The van der Waals surface area contributed by atoms with E-state index in [1.165, 1.54) is 14.2 Å². The van der Waals surface area contributed by atoms with Gasteiger partial charge in [-0.1, -0.05) is 91.0 Å². The number of halogens is 24. The monoisotopic (exact) mass is 1230 g/mol. The summed E-state index contributed by atoms with van der Waals surface area (Å²) in [5.74, 6) is -1.44. The largest absolute Gasteiger partial charge is 0.465 e. The van der Waals surface area contributed by atoms with Crippen molar-refractivity contribution in [3.05, 3.63) is 201 Å². The minimum atomic E-state index is -6.13. The molecule has 0 aliphatic carbocycles. The number of para-hydroxylation sites is 1. The number of hydrogen-bond acceptors (Lipinski definition) is 4. The van der Waals surface area contributed by atoms with Crippen molar-refractivity contribution in [1.29, 1.82) is 0 Å². The average Bonchev–Trinajstić information content (AvgIpc) is 2.77. The molecule has 0 amide bonds. The lowest BCUT2D eigenvalue weighted by atomic mass is 9.12. The van der Waals surface area contributed by atoms with E-state index >= 15 is 0 Å². The number of benzene rings is 6. The molecule has 84 heavy (non-hydrogen) atoms. The molecule has 0 bridgehead atoms. The van der Waals surface area contributed by atoms with E-state index in [9.17, 15) is 115 Å². The van der Waals surface area contributed by atoms with Gasteiger partial charge < -0.3 is 9.47 Å². The molecule has 6 aromatic carbocycles. The molecular weight excluding hydrogens is 1190 g/mol. The summed E-state index contributed by atoms with van der Waals surface area (Å²) in [4.78, 5) is 24.8. The Hall–Kier alpha value is -8.21. The number of ether oxygens (including phenoxy) is 2. The molecule has 0 unspecified atom stereocenters. The highest BCUT2D eigenvalue weighted by molar-refractivity contribution is 7.20. The molecule has 448 valence electrons. The predicted octanol–water partition coefficient (Wildman–Crippen LogP) is 14.1. The van der Waals surface area contributed by atoms with Crippen LogP contribution in [0.5, 0.6) is 0 Å². The fourth-order valence-electron chi connectivity index (χ4n) is 9.09. The summed E-state index contributed by atoms with van der Waals surface area (Å²) in [6, 6.07) is 12.4. The highest BCUT2D eigenvalue weighted by atomic mass is 19.4. The number of carbonyl (C=O) groups is 2. The Morgan fingerprint density at radius 3 is 0.905 bits per heavy atom. The Labute approximate surface area is 456 Å². The standard InChI is InChI=1S/C32H12BF24.C22H20NO4/c34-25(35,36)13-1-14(26(37,38)39)6-21(5-13)33(22-7-15(27(40,41)42)2-16(8-22)28(43,44)45,23-9-17(29(46,47)48)3-18(10-23)30(49,50)51)24-11-19(31(52,53)54)4-20(12-24)32(55,56)57;1-26-21(24)20(22(25)27-2)18(16-9-4-3-5-10-16)15-23-14-8-12-17-11-6-7-13-19(17)23/h1-12H;3-14H,15H2,1-2H3/q-1;+1. The predicted molar refractivity (Wildman–Crippen MR) is 252 cm³/mol. The van der Waals surface area contributed by atoms with Crippen LogP contribution in [-0.4, -0.2) is 32.3 Å². The molecule has 0 N–H and O–H groups in total. The quantitative estimate of drug-likeness (QED) is 0.0275. The minimum Gasteiger partial charge on any atom is -0.465 e. The molecule has 7 rings (SSSR count). The lowest BCUT2D eigenvalue weighted by molar-refractivity contribution is -0.658. The highest BCUT2D eigenvalue weighted by Crippen LogP contribution is 2.42. The van der Waals surface area contributed by atoms with E-state index in [4.69, 9.17) is 9.47 Å². The normalized spacial score (nSPS) is 13.0. The lowest BCUT2D eigenvalue weighted by Crippen LogP contribution is -2.75. The number of esters is 2. The van der Waals surface area contributed by atoms with Gasteiger partial charge in [-0.2, -0.15) is 132 Å². The first-order valence-corrected chi connectivity index (χ1v) is 23.1. The number of pyridine rings is 1. The van der Waals surface area contributed by atoms with Crippen molar-refractivity contribution in [3.8, 4) is 0 Å². The van der Waals surface area contributed by atoms with Gasteiger partial charge in [0.25, 0.3) is 0 Å². The van der Waals surface area contributed by atoms with Crippen LogP contribution in [0.15, 0.2) is 151 Å². The molecule has 5 nitrogen and oxygen atoms in total. The van der Waals surface area contributed by atoms with Gasteiger partial charge in [0.15, 0.2) is 18.3 Å². The highest BCUT2D eigenvalue weighted by Gasteiger charge is 2.47. The first-order chi connectivity index (χ1) is 38.4. The van der Waals surface area contributed by atoms with Crippen LogP contribution in [0.3, 0.4) is 0 Å². The van der Waals surface area contributed by atoms with E-state index in [0.29, 0.717) is 12.1 Å². The van der Waals surface area contributed by atoms with Crippen molar-refractivity contribution >= 4 is 56.4 Å². The molecule has 0 spiro atoms. The number of rotatable bonds is 9. The van der Waals surface area contributed by atoms with Gasteiger partial charge in [0.2, 0.25) is 5.52 Å². The Balaban J connectivity index is 0.000000347. The van der Waals surface area contributed by atoms with E-state index in [-0.39, 0.29) is 5.57 Å². The van der Waals surface area contributed by atoms with Gasteiger partial charge in [-0.3, -0.25) is 0 Å². The van der Waals surface area contributed by atoms with Gasteiger partial charge >= 0.3 is 61.3 Å². The second kappa shape index (κ2) is 23.1. The third-order valence-corrected chi connectivity index (χ3v) is 12.8. The summed E-state index contributed by atoms with van der Waals surface area (Å²) < 4.78 is 353. The Kier molecular flexibility index (Phi) is 17.9. The zero-order valence-electron chi connectivity index (χ0n) is 41.8. The summed E-state index contributed by atoms with van der Waals surface area (Å²) >= 11 is 0. The molecular formula is C54H32BF24NO4. The van der Waals surface area contributed by atoms with Gasteiger partial charge in [-0.25, -0.2) is 9.59 Å². The molecule has 0 aliphatic heterocycles. The zero-order valence-corrected chi connectivity index (χ0v) is 41.8. The lowest BCUT2D eigenvalue weighted by Gasteiger charge is -2.46. The number of fused-ring (bicyclic) bond motifs is 1. The third kappa shape index (κ3) is 14.4. The van der Waals surface area contributed by atoms with Crippen LogP contribution in [0.4, 0.5) is 105 Å². The third-order valence-electron chi connectivity index (χ3n) is 12.8. The van der Waals surface area contributed by atoms with Gasteiger partial charge in [0.05, 0.1) is 58.7 Å². The van der Waals surface area contributed by atoms with Crippen molar-refractivity contribution in [2.24, 2.45) is 0 Å².